The van der Waals surface area contributed by atoms with Crippen molar-refractivity contribution in [3.8, 4) is 11.1 Å². The zero-order valence-electron chi connectivity index (χ0n) is 15.2. The zero-order valence-corrected chi connectivity index (χ0v) is 15.2. The van der Waals surface area contributed by atoms with Crippen LogP contribution in [0.2, 0.25) is 0 Å². The van der Waals surface area contributed by atoms with Crippen LogP contribution in [0.15, 0.2) is 41.5 Å². The van der Waals surface area contributed by atoms with E-state index < -0.39 is 24.9 Å². The number of nitrogens with zero attached hydrogens (tertiary/aromatic N) is 3. The zero-order chi connectivity index (χ0) is 19.9. The topological polar surface area (TPSA) is 55.2 Å². The molecule has 28 heavy (non-hydrogen) atoms. The van der Waals surface area contributed by atoms with E-state index in [9.17, 15) is 22.8 Å². The van der Waals surface area contributed by atoms with Crippen LogP contribution in [0.1, 0.15) is 30.9 Å². The predicted molar refractivity (Wildman–Crippen MR) is 96.7 cm³/mol. The molecule has 2 aromatic rings. The average Bonchev–Trinajstić information content (AvgIpc) is 2.66. The number of carbonyl (C=O) groups is 1. The molecule has 5 nitrogen and oxygen atoms in total. The Morgan fingerprint density at radius 2 is 2.00 bits per heavy atom. The fourth-order valence-electron chi connectivity index (χ4n) is 4.27. The van der Waals surface area contributed by atoms with E-state index in [4.69, 9.17) is 0 Å². The van der Waals surface area contributed by atoms with E-state index in [0.29, 0.717) is 19.6 Å². The number of rotatable bonds is 3. The van der Waals surface area contributed by atoms with Crippen molar-refractivity contribution in [1.29, 1.82) is 0 Å². The number of piperidine rings is 1. The second-order valence-electron chi connectivity index (χ2n) is 7.57. The van der Waals surface area contributed by atoms with Crippen molar-refractivity contribution in [1.82, 2.24) is 14.5 Å². The minimum absolute atomic E-state index is 0.0494. The van der Waals surface area contributed by atoms with Crippen LogP contribution in [-0.2, 0) is 11.3 Å². The molecular formula is C20H20F3N3O2. The first-order chi connectivity index (χ1) is 13.3. The highest BCUT2D eigenvalue weighted by atomic mass is 19.4. The van der Waals surface area contributed by atoms with Gasteiger partial charge in [-0.3, -0.25) is 14.6 Å². The van der Waals surface area contributed by atoms with Crippen LogP contribution < -0.4 is 5.56 Å². The van der Waals surface area contributed by atoms with Gasteiger partial charge in [0.25, 0.3) is 5.56 Å². The third-order valence-electron chi connectivity index (χ3n) is 5.53. The first-order valence-corrected chi connectivity index (χ1v) is 9.30. The van der Waals surface area contributed by atoms with Crippen LogP contribution in [0.3, 0.4) is 0 Å². The van der Waals surface area contributed by atoms with Crippen molar-refractivity contribution in [2.45, 2.75) is 37.9 Å². The molecule has 0 spiro atoms. The van der Waals surface area contributed by atoms with Gasteiger partial charge in [0.15, 0.2) is 0 Å². The molecule has 8 heteroatoms. The lowest BCUT2D eigenvalue weighted by molar-refractivity contribution is -0.150. The second kappa shape index (κ2) is 7.07. The third-order valence-corrected chi connectivity index (χ3v) is 5.53. The molecule has 0 aliphatic carbocycles. The van der Waals surface area contributed by atoms with Crippen LogP contribution in [0, 0.1) is 5.92 Å². The van der Waals surface area contributed by atoms with Crippen molar-refractivity contribution in [3.05, 3.63) is 52.7 Å². The lowest BCUT2D eigenvalue weighted by Crippen LogP contribution is -2.49. The van der Waals surface area contributed by atoms with E-state index in [2.05, 4.69) is 4.98 Å². The molecule has 0 aromatic carbocycles. The molecule has 0 saturated carbocycles. The van der Waals surface area contributed by atoms with E-state index in [1.165, 1.54) is 4.90 Å². The van der Waals surface area contributed by atoms with Gasteiger partial charge in [0.05, 0.1) is 6.42 Å². The number of fused-ring (bicyclic) bond motifs is 4. The summed E-state index contributed by atoms with van der Waals surface area (Å²) in [6, 6.07) is 7.21. The molecule has 2 aromatic heterocycles. The van der Waals surface area contributed by atoms with Gasteiger partial charge in [-0.05, 0) is 30.0 Å². The van der Waals surface area contributed by atoms with Crippen molar-refractivity contribution in [2.75, 3.05) is 13.1 Å². The normalized spacial score (nSPS) is 21.3. The Hall–Kier alpha value is -2.64. The molecule has 2 aliphatic rings. The van der Waals surface area contributed by atoms with Gasteiger partial charge in [0.2, 0.25) is 5.91 Å². The van der Waals surface area contributed by atoms with Crippen molar-refractivity contribution in [3.63, 3.8) is 0 Å². The summed E-state index contributed by atoms with van der Waals surface area (Å²) in [5.74, 6) is -0.430. The molecule has 4 heterocycles. The number of amides is 1. The number of pyridine rings is 2. The van der Waals surface area contributed by atoms with Crippen LogP contribution in [0.4, 0.5) is 13.2 Å². The summed E-state index contributed by atoms with van der Waals surface area (Å²) in [4.78, 5) is 30.6. The smallest absolute Gasteiger partial charge is 0.342 e. The highest BCUT2D eigenvalue weighted by Crippen LogP contribution is 2.37. The Morgan fingerprint density at radius 1 is 1.18 bits per heavy atom. The number of hydrogen-bond acceptors (Lipinski definition) is 3. The Balaban J connectivity index is 1.59. The van der Waals surface area contributed by atoms with E-state index in [1.54, 1.807) is 29.1 Å². The van der Waals surface area contributed by atoms with Gasteiger partial charge < -0.3 is 9.47 Å². The maximum Gasteiger partial charge on any atom is 0.389 e. The molecule has 1 amide bonds. The van der Waals surface area contributed by atoms with Crippen LogP contribution >= 0.6 is 0 Å². The molecule has 2 atom stereocenters. The lowest BCUT2D eigenvalue weighted by Gasteiger charge is -2.43. The molecule has 4 rings (SSSR count). The number of likely N-dealkylation sites (tertiary alicyclic amines) is 1. The Labute approximate surface area is 159 Å². The van der Waals surface area contributed by atoms with E-state index in [0.717, 1.165) is 23.2 Å². The maximum absolute atomic E-state index is 12.7. The Morgan fingerprint density at radius 3 is 2.71 bits per heavy atom. The largest absolute Gasteiger partial charge is 0.389 e. The van der Waals surface area contributed by atoms with Gasteiger partial charge in [-0.15, -0.1) is 0 Å². The number of halogens is 3. The molecular weight excluding hydrogens is 371 g/mol. The predicted octanol–water partition coefficient (Wildman–Crippen LogP) is 3.20. The Bertz CT molecular complexity index is 940. The lowest BCUT2D eigenvalue weighted by atomic mass is 9.82. The summed E-state index contributed by atoms with van der Waals surface area (Å²) in [5, 5.41) is 0. The highest BCUT2D eigenvalue weighted by molar-refractivity contribution is 5.76. The van der Waals surface area contributed by atoms with Gasteiger partial charge in [-0.25, -0.2) is 0 Å². The summed E-state index contributed by atoms with van der Waals surface area (Å²) >= 11 is 0. The van der Waals surface area contributed by atoms with Crippen LogP contribution in [0.25, 0.3) is 11.1 Å². The van der Waals surface area contributed by atoms with Gasteiger partial charge in [0.1, 0.15) is 0 Å². The molecule has 1 saturated heterocycles. The molecule has 0 N–H and O–H groups in total. The van der Waals surface area contributed by atoms with E-state index in [1.807, 2.05) is 12.1 Å². The molecule has 2 bridgehead atoms. The first kappa shape index (κ1) is 18.7. The average molecular weight is 391 g/mol. The van der Waals surface area contributed by atoms with Gasteiger partial charge in [0, 0.05) is 61.7 Å². The summed E-state index contributed by atoms with van der Waals surface area (Å²) in [5.41, 5.74) is 2.35. The molecule has 2 aliphatic heterocycles. The number of alkyl halides is 3. The fourth-order valence-corrected chi connectivity index (χ4v) is 4.27. The van der Waals surface area contributed by atoms with E-state index >= 15 is 0 Å². The van der Waals surface area contributed by atoms with Gasteiger partial charge >= 0.3 is 6.18 Å². The highest BCUT2D eigenvalue weighted by Gasteiger charge is 2.37. The minimum Gasteiger partial charge on any atom is -0.342 e. The molecule has 148 valence electrons. The van der Waals surface area contributed by atoms with Crippen molar-refractivity contribution >= 4 is 5.91 Å². The fraction of sp³-hybridized carbons (Fsp3) is 0.450. The van der Waals surface area contributed by atoms with Crippen LogP contribution in [0.5, 0.6) is 0 Å². The van der Waals surface area contributed by atoms with Crippen LogP contribution in [-0.4, -0.2) is 39.6 Å². The number of aromatic nitrogens is 2. The SMILES string of the molecule is O=C(CCC(F)(F)F)N1C[C@@H]2C[C@H](C1)c1cc(-c3cccnc3)cc(=O)n1C2. The minimum atomic E-state index is -4.33. The maximum atomic E-state index is 12.7. The second-order valence-corrected chi connectivity index (χ2v) is 7.57. The molecule has 0 radical (unpaired) electrons. The standard InChI is InChI=1S/C20H20F3N3O2/c21-20(22,23)4-3-18(27)25-10-13-6-16(12-25)17-7-15(8-19(28)26(17)11-13)14-2-1-5-24-9-14/h1-2,5,7-9,13,16H,3-4,6,10-12H2/t13-,16+/m0/s1. The summed E-state index contributed by atoms with van der Waals surface area (Å²) in [6.07, 6.45) is -1.78. The summed E-state index contributed by atoms with van der Waals surface area (Å²) in [7, 11) is 0. The quantitative estimate of drug-likeness (QED) is 0.808. The molecule has 0 unspecified atom stereocenters. The van der Waals surface area contributed by atoms with Gasteiger partial charge in [-0.2, -0.15) is 13.2 Å². The first-order valence-electron chi connectivity index (χ1n) is 9.30. The number of hydrogen-bond donors (Lipinski definition) is 0. The third kappa shape index (κ3) is 3.81. The Kier molecular flexibility index (Phi) is 4.72. The summed E-state index contributed by atoms with van der Waals surface area (Å²) in [6.45, 7) is 1.24. The van der Waals surface area contributed by atoms with E-state index in [-0.39, 0.29) is 17.4 Å². The van der Waals surface area contributed by atoms with Crippen molar-refractivity contribution in [2.24, 2.45) is 5.92 Å². The molecule has 1 fully saturated rings. The monoisotopic (exact) mass is 391 g/mol. The summed E-state index contributed by atoms with van der Waals surface area (Å²) < 4.78 is 39.1. The number of carbonyl (C=O) groups excluding carboxylic acids is 1. The van der Waals surface area contributed by atoms with Crippen molar-refractivity contribution < 1.29 is 18.0 Å². The van der Waals surface area contributed by atoms with Gasteiger partial charge in [-0.1, -0.05) is 6.07 Å².